The van der Waals surface area contributed by atoms with Gasteiger partial charge in [-0.3, -0.25) is 4.79 Å². The number of para-hydroxylation sites is 1. The summed E-state index contributed by atoms with van der Waals surface area (Å²) in [5.74, 6) is 0.928. The summed E-state index contributed by atoms with van der Waals surface area (Å²) in [5, 5.41) is 9.14. The van der Waals surface area contributed by atoms with Crippen molar-refractivity contribution in [3.8, 4) is 11.4 Å². The third-order valence-electron chi connectivity index (χ3n) is 4.87. The van der Waals surface area contributed by atoms with Crippen LogP contribution in [0.25, 0.3) is 11.4 Å². The minimum atomic E-state index is -0.234. The van der Waals surface area contributed by atoms with Crippen LogP contribution in [0.4, 0.5) is 5.69 Å². The van der Waals surface area contributed by atoms with Crippen molar-refractivity contribution in [2.24, 2.45) is 7.05 Å². The molecule has 27 heavy (non-hydrogen) atoms. The number of aryl methyl sites for hydroxylation is 1. The van der Waals surface area contributed by atoms with Gasteiger partial charge in [0, 0.05) is 24.8 Å². The number of thioether (sulfide) groups is 1. The van der Waals surface area contributed by atoms with Gasteiger partial charge in [-0.15, -0.1) is 10.2 Å². The Morgan fingerprint density at radius 1 is 1.07 bits per heavy atom. The highest BCUT2D eigenvalue weighted by molar-refractivity contribution is 8.00. The highest BCUT2D eigenvalue weighted by atomic mass is 32.2. The van der Waals surface area contributed by atoms with Crippen molar-refractivity contribution in [1.82, 2.24) is 14.8 Å². The molecule has 0 spiro atoms. The number of fused-ring (bicyclic) bond motifs is 1. The number of carbonyl (C=O) groups excluding carboxylic acids is 1. The van der Waals surface area contributed by atoms with E-state index in [1.165, 1.54) is 17.3 Å². The van der Waals surface area contributed by atoms with Crippen molar-refractivity contribution in [3.63, 3.8) is 0 Å². The van der Waals surface area contributed by atoms with Crippen LogP contribution in [0.15, 0.2) is 59.8 Å². The lowest BCUT2D eigenvalue weighted by molar-refractivity contribution is -0.117. The van der Waals surface area contributed by atoms with Gasteiger partial charge in [-0.05, 0) is 31.4 Å². The van der Waals surface area contributed by atoms with E-state index in [0.29, 0.717) is 0 Å². The van der Waals surface area contributed by atoms with E-state index < -0.39 is 0 Å². The van der Waals surface area contributed by atoms with Gasteiger partial charge in [0.05, 0.1) is 5.25 Å². The highest BCUT2D eigenvalue weighted by Gasteiger charge is 2.28. The zero-order valence-corrected chi connectivity index (χ0v) is 16.3. The van der Waals surface area contributed by atoms with E-state index >= 15 is 0 Å². The first-order valence-electron chi connectivity index (χ1n) is 9.16. The number of hydrogen-bond acceptors (Lipinski definition) is 4. The smallest absolute Gasteiger partial charge is 0.240 e. The molecule has 2 heterocycles. The highest BCUT2D eigenvalue weighted by Crippen LogP contribution is 2.31. The van der Waals surface area contributed by atoms with Crippen molar-refractivity contribution >= 4 is 23.4 Å². The van der Waals surface area contributed by atoms with Gasteiger partial charge in [0.1, 0.15) is 0 Å². The molecule has 1 aliphatic rings. The number of amides is 1. The molecule has 0 N–H and O–H groups in total. The molecule has 1 aliphatic heterocycles. The SMILES string of the molecule is C[C@@H](Sc1nnc(-c2ccccc2)n1C)C(=O)N1CCCc2ccccc21. The number of benzene rings is 2. The topological polar surface area (TPSA) is 51.0 Å². The fraction of sp³-hybridized carbons (Fsp3) is 0.286. The average Bonchev–Trinajstić information content (AvgIpc) is 3.08. The van der Waals surface area contributed by atoms with Crippen LogP contribution in [0.3, 0.4) is 0 Å². The van der Waals surface area contributed by atoms with Gasteiger partial charge in [-0.25, -0.2) is 0 Å². The first kappa shape index (κ1) is 17.8. The van der Waals surface area contributed by atoms with E-state index in [0.717, 1.165) is 41.6 Å². The van der Waals surface area contributed by atoms with Crippen LogP contribution < -0.4 is 4.90 Å². The number of hydrogen-bond donors (Lipinski definition) is 0. The second-order valence-corrected chi connectivity index (χ2v) is 8.02. The Morgan fingerprint density at radius 2 is 1.81 bits per heavy atom. The molecular weight excluding hydrogens is 356 g/mol. The summed E-state index contributed by atoms with van der Waals surface area (Å²) < 4.78 is 1.95. The Kier molecular flexibility index (Phi) is 4.99. The number of aromatic nitrogens is 3. The molecule has 0 aliphatic carbocycles. The number of rotatable bonds is 4. The van der Waals surface area contributed by atoms with E-state index in [2.05, 4.69) is 16.3 Å². The fourth-order valence-electron chi connectivity index (χ4n) is 3.45. The second-order valence-electron chi connectivity index (χ2n) is 6.71. The Morgan fingerprint density at radius 3 is 2.63 bits per heavy atom. The van der Waals surface area contributed by atoms with Gasteiger partial charge in [-0.1, -0.05) is 60.3 Å². The van der Waals surface area contributed by atoms with Crippen molar-refractivity contribution in [1.29, 1.82) is 0 Å². The Hall–Kier alpha value is -2.60. The molecule has 3 aromatic rings. The molecule has 4 rings (SSSR count). The van der Waals surface area contributed by atoms with Gasteiger partial charge in [0.2, 0.25) is 5.91 Å². The van der Waals surface area contributed by atoms with Gasteiger partial charge >= 0.3 is 0 Å². The monoisotopic (exact) mass is 378 g/mol. The molecular formula is C21H22N4OS. The fourth-order valence-corrected chi connectivity index (χ4v) is 4.32. The largest absolute Gasteiger partial charge is 0.311 e. The maximum absolute atomic E-state index is 13.1. The lowest BCUT2D eigenvalue weighted by atomic mass is 10.0. The van der Waals surface area contributed by atoms with Crippen LogP contribution in [0, 0.1) is 0 Å². The molecule has 1 amide bonds. The van der Waals surface area contributed by atoms with Gasteiger partial charge in [-0.2, -0.15) is 0 Å². The summed E-state index contributed by atoms with van der Waals surface area (Å²) >= 11 is 1.46. The normalized spacial score (nSPS) is 14.7. The molecule has 0 fully saturated rings. The van der Waals surface area contributed by atoms with Crippen LogP contribution in [0.5, 0.6) is 0 Å². The van der Waals surface area contributed by atoms with Gasteiger partial charge in [0.25, 0.3) is 0 Å². The van der Waals surface area contributed by atoms with Crippen LogP contribution in [-0.2, 0) is 18.3 Å². The third kappa shape index (κ3) is 3.49. The summed E-state index contributed by atoms with van der Waals surface area (Å²) in [6.45, 7) is 2.72. The number of nitrogens with zero attached hydrogens (tertiary/aromatic N) is 4. The lowest BCUT2D eigenvalue weighted by Crippen LogP contribution is -2.40. The first-order chi connectivity index (χ1) is 13.1. The summed E-state index contributed by atoms with van der Waals surface area (Å²) in [4.78, 5) is 15.0. The van der Waals surface area contributed by atoms with Crippen molar-refractivity contribution < 1.29 is 4.79 Å². The van der Waals surface area contributed by atoms with E-state index in [-0.39, 0.29) is 11.2 Å². The number of anilines is 1. The zero-order chi connectivity index (χ0) is 18.8. The van der Waals surface area contributed by atoms with Crippen LogP contribution in [-0.4, -0.2) is 32.5 Å². The molecule has 0 saturated carbocycles. The maximum Gasteiger partial charge on any atom is 0.240 e. The van der Waals surface area contributed by atoms with E-state index in [1.54, 1.807) is 0 Å². The van der Waals surface area contributed by atoms with Crippen molar-refractivity contribution in [3.05, 3.63) is 60.2 Å². The summed E-state index contributed by atoms with van der Waals surface area (Å²) in [5.41, 5.74) is 3.31. The molecule has 0 bridgehead atoms. The third-order valence-corrected chi connectivity index (χ3v) is 5.99. The van der Waals surface area contributed by atoms with Crippen LogP contribution in [0.1, 0.15) is 18.9 Å². The van der Waals surface area contributed by atoms with Gasteiger partial charge < -0.3 is 9.47 Å². The molecule has 6 heteroatoms. The van der Waals surface area contributed by atoms with E-state index in [9.17, 15) is 4.79 Å². The molecule has 138 valence electrons. The standard InChI is InChI=1S/C21H22N4OS/c1-15(20(26)25-14-8-12-16-9-6-7-13-18(16)25)27-21-23-22-19(24(21)2)17-10-4-3-5-11-17/h3-7,9-11,13,15H,8,12,14H2,1-2H3/t15-/m1/s1. The van der Waals surface area contributed by atoms with Crippen molar-refractivity contribution in [2.75, 3.05) is 11.4 Å². The molecule has 1 aromatic heterocycles. The lowest BCUT2D eigenvalue weighted by Gasteiger charge is -2.31. The average molecular weight is 379 g/mol. The Balaban J connectivity index is 1.53. The molecule has 0 radical (unpaired) electrons. The Labute approximate surface area is 163 Å². The first-order valence-corrected chi connectivity index (χ1v) is 10.0. The van der Waals surface area contributed by atoms with Crippen LogP contribution in [0.2, 0.25) is 0 Å². The molecule has 5 nitrogen and oxygen atoms in total. The minimum Gasteiger partial charge on any atom is -0.311 e. The molecule has 0 unspecified atom stereocenters. The van der Waals surface area contributed by atoms with E-state index in [1.807, 2.05) is 72.0 Å². The molecule has 2 aromatic carbocycles. The summed E-state index contributed by atoms with van der Waals surface area (Å²) in [6, 6.07) is 18.2. The predicted molar refractivity (Wildman–Crippen MR) is 109 cm³/mol. The maximum atomic E-state index is 13.1. The predicted octanol–water partition coefficient (Wildman–Crippen LogP) is 3.94. The quantitative estimate of drug-likeness (QED) is 0.645. The van der Waals surface area contributed by atoms with Crippen molar-refractivity contribution in [2.45, 2.75) is 30.2 Å². The second kappa shape index (κ2) is 7.56. The van der Waals surface area contributed by atoms with Gasteiger partial charge in [0.15, 0.2) is 11.0 Å². The Bertz CT molecular complexity index is 954. The van der Waals surface area contributed by atoms with E-state index in [4.69, 9.17) is 0 Å². The number of carbonyl (C=O) groups is 1. The summed E-state index contributed by atoms with van der Waals surface area (Å²) in [6.07, 6.45) is 2.04. The molecule has 0 saturated heterocycles. The van der Waals surface area contributed by atoms with Crippen LogP contribution >= 0.6 is 11.8 Å². The zero-order valence-electron chi connectivity index (χ0n) is 15.5. The summed E-state index contributed by atoms with van der Waals surface area (Å²) in [7, 11) is 1.94. The molecule has 1 atom stereocenters. The minimum absolute atomic E-state index is 0.122.